The van der Waals surface area contributed by atoms with Gasteiger partial charge in [0.15, 0.2) is 5.82 Å². The fourth-order valence-corrected chi connectivity index (χ4v) is 5.20. The van der Waals surface area contributed by atoms with E-state index in [9.17, 15) is 22.4 Å². The van der Waals surface area contributed by atoms with Crippen LogP contribution in [0.5, 0.6) is 0 Å². The molecule has 0 unspecified atom stereocenters. The van der Waals surface area contributed by atoms with Gasteiger partial charge in [0.05, 0.1) is 33.1 Å². The number of rotatable bonds is 2. The number of nitrogens with one attached hydrogen (secondary N) is 1. The Kier molecular flexibility index (Phi) is 5.13. The lowest BCUT2D eigenvalue weighted by Crippen LogP contribution is -2.35. The van der Waals surface area contributed by atoms with Crippen molar-refractivity contribution in [1.82, 2.24) is 9.78 Å². The minimum absolute atomic E-state index is 0.0862. The number of aromatic nitrogens is 2. The number of fused-ring (bicyclic) bond motifs is 1. The molecule has 4 rings (SSSR count). The van der Waals surface area contributed by atoms with Crippen LogP contribution >= 0.6 is 11.8 Å². The molecule has 1 N–H and O–H groups in total. The van der Waals surface area contributed by atoms with Crippen LogP contribution in [0.4, 0.5) is 23.4 Å². The summed E-state index contributed by atoms with van der Waals surface area (Å²) in [4.78, 5) is 17.3. The van der Waals surface area contributed by atoms with E-state index in [0.717, 1.165) is 17.8 Å². The number of nitrogens with zero attached hydrogens (tertiary/aromatic N) is 2. The minimum Gasteiger partial charge on any atom is -0.375 e. The number of hydrogen-bond acceptors (Lipinski definition) is 4. The Morgan fingerprint density at radius 3 is 2.73 bits per heavy atom. The van der Waals surface area contributed by atoms with Crippen molar-refractivity contribution in [3.8, 4) is 0 Å². The Labute approximate surface area is 174 Å². The molecular weight excluding hydrogens is 422 g/mol. The van der Waals surface area contributed by atoms with E-state index in [0.29, 0.717) is 36.4 Å². The summed E-state index contributed by atoms with van der Waals surface area (Å²) in [6, 6.07) is 3.07. The summed E-state index contributed by atoms with van der Waals surface area (Å²) >= 11 is 1.07. The van der Waals surface area contributed by atoms with Crippen molar-refractivity contribution < 1.29 is 22.3 Å². The quantitative estimate of drug-likeness (QED) is 0.637. The van der Waals surface area contributed by atoms with Crippen LogP contribution in [0, 0.1) is 5.82 Å². The molecule has 162 valence electrons. The maximum Gasteiger partial charge on any atom is 0.419 e. The SMILES string of the molecule is CC1=Nc2c(c(=O)[nH]n2[C@@H]2CCOC(C)(C)C2)[C@H](c2cccc(C(F)(F)F)c2F)S1. The van der Waals surface area contributed by atoms with Gasteiger partial charge < -0.3 is 4.74 Å². The van der Waals surface area contributed by atoms with E-state index in [1.54, 1.807) is 11.6 Å². The normalized spacial score (nSPS) is 23.8. The van der Waals surface area contributed by atoms with Gasteiger partial charge in [0.2, 0.25) is 0 Å². The first kappa shape index (κ1) is 21.2. The molecule has 10 heteroatoms. The standard InChI is InChI=1S/C20H21F4N3O2S/c1-10-25-17-14(18(28)26-27(17)11-7-8-29-19(2,3)9-11)16(30-10)12-5-4-6-13(15(12)21)20(22,23)24/h4-6,11,16H,7-9H2,1-3H3,(H,26,28)/t11-,16+/m1/s1. The van der Waals surface area contributed by atoms with Crippen molar-refractivity contribution >= 4 is 22.6 Å². The van der Waals surface area contributed by atoms with Crippen LogP contribution in [0.3, 0.4) is 0 Å². The summed E-state index contributed by atoms with van der Waals surface area (Å²) in [5.41, 5.74) is -2.20. The number of ether oxygens (including phenoxy) is 1. The Bertz CT molecular complexity index is 1070. The number of benzene rings is 1. The summed E-state index contributed by atoms with van der Waals surface area (Å²) in [5.74, 6) is -1.01. The van der Waals surface area contributed by atoms with E-state index in [-0.39, 0.29) is 22.8 Å². The second kappa shape index (κ2) is 7.26. The van der Waals surface area contributed by atoms with Gasteiger partial charge >= 0.3 is 6.18 Å². The van der Waals surface area contributed by atoms with E-state index in [1.165, 1.54) is 6.07 Å². The third kappa shape index (κ3) is 3.71. The van der Waals surface area contributed by atoms with Gasteiger partial charge in [-0.3, -0.25) is 14.6 Å². The predicted molar refractivity (Wildman–Crippen MR) is 107 cm³/mol. The molecule has 2 atom stereocenters. The van der Waals surface area contributed by atoms with E-state index >= 15 is 0 Å². The molecule has 2 aliphatic heterocycles. The van der Waals surface area contributed by atoms with Gasteiger partial charge in [0.1, 0.15) is 5.82 Å². The molecule has 1 aromatic heterocycles. The zero-order valence-corrected chi connectivity index (χ0v) is 17.5. The van der Waals surface area contributed by atoms with Gasteiger partial charge in [-0.25, -0.2) is 9.38 Å². The summed E-state index contributed by atoms with van der Waals surface area (Å²) in [5, 5.41) is 2.41. The monoisotopic (exact) mass is 443 g/mol. The van der Waals surface area contributed by atoms with E-state index < -0.39 is 28.4 Å². The third-order valence-electron chi connectivity index (χ3n) is 5.40. The molecule has 1 aromatic carbocycles. The van der Waals surface area contributed by atoms with Crippen molar-refractivity contribution in [2.75, 3.05) is 6.61 Å². The molecule has 0 aliphatic carbocycles. The van der Waals surface area contributed by atoms with Gasteiger partial charge in [0, 0.05) is 12.2 Å². The van der Waals surface area contributed by atoms with Crippen LogP contribution in [0.25, 0.3) is 0 Å². The van der Waals surface area contributed by atoms with Crippen LogP contribution < -0.4 is 5.56 Å². The average molecular weight is 443 g/mol. The number of H-pyrrole nitrogens is 1. The van der Waals surface area contributed by atoms with E-state index in [1.807, 2.05) is 13.8 Å². The summed E-state index contributed by atoms with van der Waals surface area (Å²) in [7, 11) is 0. The second-order valence-corrected chi connectivity index (χ2v) is 9.44. The molecule has 0 radical (unpaired) electrons. The summed E-state index contributed by atoms with van der Waals surface area (Å²) < 4.78 is 61.9. The maximum absolute atomic E-state index is 14.9. The third-order valence-corrected chi connectivity index (χ3v) is 6.56. The molecule has 2 aromatic rings. The molecule has 2 aliphatic rings. The first-order valence-corrected chi connectivity index (χ1v) is 10.4. The van der Waals surface area contributed by atoms with Gasteiger partial charge in [-0.2, -0.15) is 13.2 Å². The van der Waals surface area contributed by atoms with Crippen molar-refractivity contribution in [2.24, 2.45) is 4.99 Å². The van der Waals surface area contributed by atoms with Gasteiger partial charge in [-0.15, -0.1) is 0 Å². The van der Waals surface area contributed by atoms with Crippen molar-refractivity contribution in [2.45, 2.75) is 56.7 Å². The van der Waals surface area contributed by atoms with Crippen LogP contribution in [0.15, 0.2) is 28.0 Å². The Hall–Kier alpha value is -2.07. The van der Waals surface area contributed by atoms with Gasteiger partial charge in [-0.1, -0.05) is 23.9 Å². The zero-order valence-electron chi connectivity index (χ0n) is 16.6. The molecule has 0 spiro atoms. The first-order chi connectivity index (χ1) is 14.0. The molecule has 1 saturated heterocycles. The summed E-state index contributed by atoms with van der Waals surface area (Å²) in [6.45, 7) is 6.12. The van der Waals surface area contributed by atoms with Crippen LogP contribution in [-0.4, -0.2) is 27.0 Å². The smallest absolute Gasteiger partial charge is 0.375 e. The number of thioether (sulfide) groups is 1. The lowest BCUT2D eigenvalue weighted by molar-refractivity contribution is -0.140. The number of aliphatic imine (C=N–C) groups is 1. The van der Waals surface area contributed by atoms with Crippen LogP contribution in [-0.2, 0) is 10.9 Å². The van der Waals surface area contributed by atoms with Crippen LogP contribution in [0.1, 0.15) is 61.6 Å². The molecule has 1 fully saturated rings. The summed E-state index contributed by atoms with van der Waals surface area (Å²) in [6.07, 6.45) is -3.53. The second-order valence-electron chi connectivity index (χ2n) is 8.14. The maximum atomic E-state index is 14.9. The molecule has 5 nitrogen and oxygen atoms in total. The largest absolute Gasteiger partial charge is 0.419 e. The van der Waals surface area contributed by atoms with Crippen molar-refractivity contribution in [3.05, 3.63) is 51.1 Å². The van der Waals surface area contributed by atoms with E-state index in [4.69, 9.17) is 4.74 Å². The lowest BCUT2D eigenvalue weighted by atomic mass is 9.94. The van der Waals surface area contributed by atoms with Gasteiger partial charge in [0.25, 0.3) is 5.56 Å². The molecule has 0 amide bonds. The number of alkyl halides is 3. The fraction of sp³-hybridized carbons (Fsp3) is 0.500. The fourth-order valence-electron chi connectivity index (χ4n) is 4.08. The Balaban J connectivity index is 1.83. The molecule has 0 bridgehead atoms. The highest BCUT2D eigenvalue weighted by molar-refractivity contribution is 8.14. The molecule has 30 heavy (non-hydrogen) atoms. The molecule has 3 heterocycles. The topological polar surface area (TPSA) is 59.4 Å². The van der Waals surface area contributed by atoms with Crippen LogP contribution in [0.2, 0.25) is 0 Å². The van der Waals surface area contributed by atoms with Crippen molar-refractivity contribution in [1.29, 1.82) is 0 Å². The highest BCUT2D eigenvalue weighted by atomic mass is 32.2. The average Bonchev–Trinajstić information content (AvgIpc) is 2.96. The number of halogens is 4. The zero-order chi connectivity index (χ0) is 21.8. The van der Waals surface area contributed by atoms with Crippen molar-refractivity contribution in [3.63, 3.8) is 0 Å². The number of hydrogen-bond donors (Lipinski definition) is 1. The highest BCUT2D eigenvalue weighted by Crippen LogP contribution is 2.47. The van der Waals surface area contributed by atoms with Gasteiger partial charge in [-0.05, 0) is 39.7 Å². The number of aromatic amines is 1. The predicted octanol–water partition coefficient (Wildman–Crippen LogP) is 5.35. The minimum atomic E-state index is -4.82. The Morgan fingerprint density at radius 2 is 2.07 bits per heavy atom. The molecular formula is C20H21F4N3O2S. The lowest BCUT2D eigenvalue weighted by Gasteiger charge is -2.36. The first-order valence-electron chi connectivity index (χ1n) is 9.54. The Morgan fingerprint density at radius 1 is 1.33 bits per heavy atom. The highest BCUT2D eigenvalue weighted by Gasteiger charge is 2.39. The van der Waals surface area contributed by atoms with E-state index in [2.05, 4.69) is 10.1 Å². The molecule has 0 saturated carbocycles.